The van der Waals surface area contributed by atoms with Crippen molar-refractivity contribution in [3.63, 3.8) is 0 Å². The zero-order chi connectivity index (χ0) is 15.6. The Morgan fingerprint density at radius 3 is 2.71 bits per heavy atom. The number of hydrogen-bond donors (Lipinski definition) is 0. The average molecular weight is 289 g/mol. The maximum Gasteiger partial charge on any atom is 0.307 e. The lowest BCUT2D eigenvalue weighted by Gasteiger charge is -2.26. The van der Waals surface area contributed by atoms with Crippen molar-refractivity contribution in [2.24, 2.45) is 5.92 Å². The van der Waals surface area contributed by atoms with Crippen molar-refractivity contribution in [2.45, 2.75) is 46.8 Å². The molecule has 0 aliphatic carbocycles. The fourth-order valence-electron chi connectivity index (χ4n) is 2.59. The number of esters is 1. The molecule has 1 aromatic rings. The molecule has 1 aromatic carbocycles. The largest absolute Gasteiger partial charge is 0.437 e. The molecule has 4 nitrogen and oxygen atoms in total. The number of rotatable bonds is 5. The van der Waals surface area contributed by atoms with Gasteiger partial charge in [0.25, 0.3) is 5.91 Å². The highest BCUT2D eigenvalue weighted by atomic mass is 16.6. The molecule has 0 radical (unpaired) electrons. The van der Waals surface area contributed by atoms with Gasteiger partial charge in [-0.25, -0.2) is 0 Å². The van der Waals surface area contributed by atoms with Gasteiger partial charge in [-0.05, 0) is 25.3 Å². The number of amides is 1. The van der Waals surface area contributed by atoms with Crippen LogP contribution in [0, 0.1) is 12.8 Å². The predicted molar refractivity (Wildman–Crippen MR) is 80.8 cm³/mol. The SMILES string of the molecule is CCCC(=O)OC1c2ccc(C)cc2C(=O)N1CC(C)C. The monoisotopic (exact) mass is 289 g/mol. The van der Waals surface area contributed by atoms with E-state index in [2.05, 4.69) is 0 Å². The van der Waals surface area contributed by atoms with Crippen LogP contribution >= 0.6 is 0 Å². The number of aryl methyl sites for hydroxylation is 1. The van der Waals surface area contributed by atoms with Gasteiger partial charge in [-0.2, -0.15) is 0 Å². The Morgan fingerprint density at radius 1 is 1.38 bits per heavy atom. The van der Waals surface area contributed by atoms with Gasteiger partial charge in [0, 0.05) is 24.1 Å². The van der Waals surface area contributed by atoms with E-state index >= 15 is 0 Å². The Labute approximate surface area is 126 Å². The molecule has 0 spiro atoms. The molecule has 0 saturated heterocycles. The van der Waals surface area contributed by atoms with Crippen LogP contribution in [0.3, 0.4) is 0 Å². The molecule has 2 rings (SSSR count). The number of fused-ring (bicyclic) bond motifs is 1. The zero-order valence-corrected chi connectivity index (χ0v) is 13.2. The summed E-state index contributed by atoms with van der Waals surface area (Å²) >= 11 is 0. The molecule has 1 unspecified atom stereocenters. The topological polar surface area (TPSA) is 46.6 Å². The molecule has 1 aliphatic rings. The fraction of sp³-hybridized carbons (Fsp3) is 0.529. The van der Waals surface area contributed by atoms with Gasteiger partial charge < -0.3 is 4.74 Å². The van der Waals surface area contributed by atoms with Crippen molar-refractivity contribution < 1.29 is 14.3 Å². The molecule has 0 bridgehead atoms. The van der Waals surface area contributed by atoms with Crippen molar-refractivity contribution in [3.05, 3.63) is 34.9 Å². The molecule has 1 atom stereocenters. The molecule has 1 heterocycles. The summed E-state index contributed by atoms with van der Waals surface area (Å²) in [5.74, 6) is 0.0194. The summed E-state index contributed by atoms with van der Waals surface area (Å²) in [4.78, 5) is 26.1. The van der Waals surface area contributed by atoms with Gasteiger partial charge in [-0.1, -0.05) is 38.5 Å². The van der Waals surface area contributed by atoms with Gasteiger partial charge in [0.05, 0.1) is 0 Å². The average Bonchev–Trinajstić information content (AvgIpc) is 2.64. The Kier molecular flexibility index (Phi) is 4.66. The number of nitrogens with zero attached hydrogens (tertiary/aromatic N) is 1. The maximum absolute atomic E-state index is 12.6. The van der Waals surface area contributed by atoms with E-state index in [0.29, 0.717) is 24.4 Å². The van der Waals surface area contributed by atoms with E-state index in [1.807, 2.05) is 45.9 Å². The summed E-state index contributed by atoms with van der Waals surface area (Å²) in [7, 11) is 0. The van der Waals surface area contributed by atoms with Crippen molar-refractivity contribution in [1.29, 1.82) is 0 Å². The number of benzene rings is 1. The zero-order valence-electron chi connectivity index (χ0n) is 13.2. The highest BCUT2D eigenvalue weighted by Gasteiger charge is 2.39. The molecular weight excluding hydrogens is 266 g/mol. The van der Waals surface area contributed by atoms with Crippen LogP contribution in [0.1, 0.15) is 61.3 Å². The minimum atomic E-state index is -0.574. The predicted octanol–water partition coefficient (Wildman–Crippen LogP) is 3.45. The summed E-state index contributed by atoms with van der Waals surface area (Å²) in [6.45, 7) is 8.57. The Hall–Kier alpha value is -1.84. The molecule has 1 amide bonds. The van der Waals surface area contributed by atoms with E-state index in [9.17, 15) is 9.59 Å². The summed E-state index contributed by atoms with van der Waals surface area (Å²) < 4.78 is 5.57. The van der Waals surface area contributed by atoms with Crippen LogP contribution in [0.25, 0.3) is 0 Å². The Balaban J connectivity index is 2.33. The lowest BCUT2D eigenvalue weighted by Crippen LogP contribution is -2.34. The van der Waals surface area contributed by atoms with E-state index in [-0.39, 0.29) is 11.9 Å². The molecule has 4 heteroatoms. The minimum Gasteiger partial charge on any atom is -0.437 e. The molecule has 0 saturated carbocycles. The van der Waals surface area contributed by atoms with Crippen LogP contribution < -0.4 is 0 Å². The van der Waals surface area contributed by atoms with Gasteiger partial charge in [0.2, 0.25) is 6.23 Å². The van der Waals surface area contributed by atoms with Gasteiger partial charge >= 0.3 is 5.97 Å². The maximum atomic E-state index is 12.6. The van der Waals surface area contributed by atoms with Crippen LogP contribution in [0.4, 0.5) is 0 Å². The first-order chi connectivity index (χ1) is 9.93. The minimum absolute atomic E-state index is 0.0447. The highest BCUT2D eigenvalue weighted by Crippen LogP contribution is 2.35. The Bertz CT molecular complexity index is 551. The van der Waals surface area contributed by atoms with Gasteiger partial charge in [-0.3, -0.25) is 14.5 Å². The number of hydrogen-bond acceptors (Lipinski definition) is 3. The van der Waals surface area contributed by atoms with E-state index in [4.69, 9.17) is 4.74 Å². The fourth-order valence-corrected chi connectivity index (χ4v) is 2.59. The van der Waals surface area contributed by atoms with Crippen LogP contribution in [-0.2, 0) is 9.53 Å². The normalized spacial score (nSPS) is 17.3. The second kappa shape index (κ2) is 6.29. The summed E-state index contributed by atoms with van der Waals surface area (Å²) in [5.41, 5.74) is 2.49. The molecular formula is C17H23NO3. The lowest BCUT2D eigenvalue weighted by atomic mass is 10.1. The summed E-state index contributed by atoms with van der Waals surface area (Å²) in [6, 6.07) is 5.72. The van der Waals surface area contributed by atoms with Crippen LogP contribution in [0.5, 0.6) is 0 Å². The second-order valence-corrected chi connectivity index (χ2v) is 6.03. The van der Waals surface area contributed by atoms with Gasteiger partial charge in [-0.15, -0.1) is 0 Å². The third-order valence-corrected chi connectivity index (χ3v) is 3.51. The number of carbonyl (C=O) groups excluding carboxylic acids is 2. The van der Waals surface area contributed by atoms with Crippen LogP contribution in [0.15, 0.2) is 18.2 Å². The molecule has 0 aromatic heterocycles. The molecule has 0 N–H and O–H groups in total. The molecule has 21 heavy (non-hydrogen) atoms. The van der Waals surface area contributed by atoms with E-state index in [1.165, 1.54) is 0 Å². The second-order valence-electron chi connectivity index (χ2n) is 6.03. The first-order valence-corrected chi connectivity index (χ1v) is 7.55. The Morgan fingerprint density at radius 2 is 2.10 bits per heavy atom. The van der Waals surface area contributed by atoms with Gasteiger partial charge in [0.1, 0.15) is 0 Å². The van der Waals surface area contributed by atoms with Crippen LogP contribution in [-0.4, -0.2) is 23.3 Å². The standard InChI is InChI=1S/C17H23NO3/c1-5-6-15(19)21-17-13-8-7-12(4)9-14(13)16(20)18(17)10-11(2)3/h7-9,11,17H,5-6,10H2,1-4H3. The molecule has 1 aliphatic heterocycles. The van der Waals surface area contributed by atoms with Gasteiger partial charge in [0.15, 0.2) is 0 Å². The van der Waals surface area contributed by atoms with Crippen molar-refractivity contribution in [2.75, 3.05) is 6.54 Å². The van der Waals surface area contributed by atoms with Crippen molar-refractivity contribution >= 4 is 11.9 Å². The van der Waals surface area contributed by atoms with Crippen molar-refractivity contribution in [1.82, 2.24) is 4.90 Å². The molecule has 114 valence electrons. The van der Waals surface area contributed by atoms with E-state index in [0.717, 1.165) is 17.5 Å². The number of carbonyl (C=O) groups is 2. The van der Waals surface area contributed by atoms with E-state index < -0.39 is 6.23 Å². The highest BCUT2D eigenvalue weighted by molar-refractivity contribution is 5.99. The first kappa shape index (κ1) is 15.5. The quantitative estimate of drug-likeness (QED) is 0.780. The van der Waals surface area contributed by atoms with E-state index in [1.54, 1.807) is 4.90 Å². The smallest absolute Gasteiger partial charge is 0.307 e. The third-order valence-electron chi connectivity index (χ3n) is 3.51. The summed E-state index contributed by atoms with van der Waals surface area (Å²) in [5, 5.41) is 0. The third kappa shape index (κ3) is 3.26. The molecule has 0 fully saturated rings. The van der Waals surface area contributed by atoms with Crippen molar-refractivity contribution in [3.8, 4) is 0 Å². The summed E-state index contributed by atoms with van der Waals surface area (Å²) in [6.07, 6.45) is 0.542. The number of ether oxygens (including phenoxy) is 1. The lowest BCUT2D eigenvalue weighted by molar-refractivity contribution is -0.157. The first-order valence-electron chi connectivity index (χ1n) is 7.55. The van der Waals surface area contributed by atoms with Crippen LogP contribution in [0.2, 0.25) is 0 Å².